The Labute approximate surface area is 170 Å². The summed E-state index contributed by atoms with van der Waals surface area (Å²) in [5, 5.41) is 15.1. The number of hydrogen-bond acceptors (Lipinski definition) is 5. The van der Waals surface area contributed by atoms with Gasteiger partial charge in [0, 0.05) is 19.3 Å². The number of para-hydroxylation sites is 1. The fourth-order valence-electron chi connectivity index (χ4n) is 3.70. The lowest BCUT2D eigenvalue weighted by Crippen LogP contribution is -2.42. The third-order valence-corrected chi connectivity index (χ3v) is 5.21. The smallest absolute Gasteiger partial charge is 0.191 e. The Hall–Kier alpha value is -3.13. The van der Waals surface area contributed by atoms with E-state index in [1.54, 1.807) is 19.6 Å². The van der Waals surface area contributed by atoms with Crippen LogP contribution in [0.2, 0.25) is 0 Å². The van der Waals surface area contributed by atoms with Crippen molar-refractivity contribution in [3.05, 3.63) is 66.6 Å². The number of guanidine groups is 1. The summed E-state index contributed by atoms with van der Waals surface area (Å²) in [7, 11) is 1.77. The Bertz CT molecular complexity index is 898. The summed E-state index contributed by atoms with van der Waals surface area (Å²) in [6.45, 7) is 3.43. The van der Waals surface area contributed by atoms with Gasteiger partial charge in [-0.05, 0) is 50.2 Å². The first-order valence-electron chi connectivity index (χ1n) is 10.0. The molecule has 1 fully saturated rings. The van der Waals surface area contributed by atoms with Crippen molar-refractivity contribution in [2.45, 2.75) is 25.4 Å². The zero-order valence-corrected chi connectivity index (χ0v) is 16.7. The molecule has 4 rings (SSSR count). The summed E-state index contributed by atoms with van der Waals surface area (Å²) in [5.74, 6) is 2.53. The van der Waals surface area contributed by atoms with Gasteiger partial charge in [0.25, 0.3) is 0 Å². The maximum absolute atomic E-state index is 5.69. The molecule has 1 saturated heterocycles. The molecule has 0 saturated carbocycles. The Morgan fingerprint density at radius 2 is 1.97 bits per heavy atom. The van der Waals surface area contributed by atoms with Gasteiger partial charge in [0.1, 0.15) is 12.1 Å². The largest absolute Gasteiger partial charge is 0.468 e. The molecule has 1 unspecified atom stereocenters. The highest BCUT2D eigenvalue weighted by Crippen LogP contribution is 2.24. The van der Waals surface area contributed by atoms with Crippen LogP contribution in [0.5, 0.6) is 0 Å². The van der Waals surface area contributed by atoms with Crippen LogP contribution in [0.25, 0.3) is 5.69 Å². The molecule has 2 N–H and O–H groups in total. The molecule has 0 bridgehead atoms. The van der Waals surface area contributed by atoms with E-state index in [1.807, 2.05) is 47.0 Å². The maximum atomic E-state index is 5.69. The van der Waals surface area contributed by atoms with Crippen molar-refractivity contribution in [1.29, 1.82) is 0 Å². The molecule has 1 aromatic carbocycles. The van der Waals surface area contributed by atoms with Crippen LogP contribution >= 0.6 is 0 Å². The lowest BCUT2D eigenvalue weighted by atomic mass is 10.2. The van der Waals surface area contributed by atoms with E-state index < -0.39 is 0 Å². The van der Waals surface area contributed by atoms with Crippen LogP contribution in [0.3, 0.4) is 0 Å². The molecule has 3 heterocycles. The molecule has 0 radical (unpaired) electrons. The highest BCUT2D eigenvalue weighted by atomic mass is 16.3. The maximum Gasteiger partial charge on any atom is 0.191 e. The van der Waals surface area contributed by atoms with Crippen molar-refractivity contribution >= 4 is 5.96 Å². The van der Waals surface area contributed by atoms with E-state index in [-0.39, 0.29) is 6.04 Å². The minimum Gasteiger partial charge on any atom is -0.468 e. The lowest BCUT2D eigenvalue weighted by Gasteiger charge is -2.26. The third kappa shape index (κ3) is 4.65. The molecule has 0 aliphatic carbocycles. The van der Waals surface area contributed by atoms with E-state index in [9.17, 15) is 0 Å². The van der Waals surface area contributed by atoms with Crippen molar-refractivity contribution < 1.29 is 4.42 Å². The van der Waals surface area contributed by atoms with Crippen LogP contribution in [-0.2, 0) is 6.54 Å². The second-order valence-electron chi connectivity index (χ2n) is 7.03. The number of nitrogens with zero attached hydrogens (tertiary/aromatic N) is 5. The average Bonchev–Trinajstić information content (AvgIpc) is 3.54. The summed E-state index contributed by atoms with van der Waals surface area (Å²) in [6, 6.07) is 14.2. The highest BCUT2D eigenvalue weighted by molar-refractivity contribution is 5.79. The molecule has 152 valence electrons. The molecule has 0 amide bonds. The quantitative estimate of drug-likeness (QED) is 0.474. The Morgan fingerprint density at radius 1 is 1.14 bits per heavy atom. The van der Waals surface area contributed by atoms with E-state index in [1.165, 1.54) is 12.8 Å². The predicted octanol–water partition coefficient (Wildman–Crippen LogP) is 2.36. The number of rotatable bonds is 7. The molecule has 1 atom stereocenters. The summed E-state index contributed by atoms with van der Waals surface area (Å²) in [6.07, 6.45) is 5.93. The Kier molecular flexibility index (Phi) is 6.21. The standard InChI is InChI=1S/C21H27N7O/c1-22-21(23-14-18(19-10-7-13-29-19)27-11-5-6-12-27)24-15-20-26-25-16-28(20)17-8-3-2-4-9-17/h2-4,7-10,13,16,18H,5-6,11-12,14-15H2,1H3,(H2,22,23,24). The van der Waals surface area contributed by atoms with E-state index >= 15 is 0 Å². The van der Waals surface area contributed by atoms with Crippen molar-refractivity contribution in [3.63, 3.8) is 0 Å². The Morgan fingerprint density at radius 3 is 2.69 bits per heavy atom. The number of furan rings is 1. The summed E-state index contributed by atoms with van der Waals surface area (Å²) in [4.78, 5) is 6.82. The van der Waals surface area contributed by atoms with Crippen LogP contribution < -0.4 is 10.6 Å². The van der Waals surface area contributed by atoms with E-state index in [2.05, 4.69) is 30.7 Å². The third-order valence-electron chi connectivity index (χ3n) is 5.21. The zero-order chi connectivity index (χ0) is 19.9. The van der Waals surface area contributed by atoms with Crippen LogP contribution in [0.4, 0.5) is 0 Å². The minimum absolute atomic E-state index is 0.194. The highest BCUT2D eigenvalue weighted by Gasteiger charge is 2.25. The van der Waals surface area contributed by atoms with Gasteiger partial charge in [-0.25, -0.2) is 0 Å². The predicted molar refractivity (Wildman–Crippen MR) is 112 cm³/mol. The molecule has 8 heteroatoms. The van der Waals surface area contributed by atoms with E-state index in [0.29, 0.717) is 6.54 Å². The molecular formula is C21H27N7O. The molecule has 8 nitrogen and oxygen atoms in total. The zero-order valence-electron chi connectivity index (χ0n) is 16.7. The van der Waals surface area contributed by atoms with Crippen molar-refractivity contribution in [1.82, 2.24) is 30.3 Å². The van der Waals surface area contributed by atoms with Gasteiger partial charge in [0.15, 0.2) is 11.8 Å². The van der Waals surface area contributed by atoms with Crippen LogP contribution in [-0.4, -0.2) is 52.3 Å². The SMILES string of the molecule is CN=C(NCc1nncn1-c1ccccc1)NCC(c1ccco1)N1CCCC1. The fraction of sp³-hybridized carbons (Fsp3) is 0.381. The monoisotopic (exact) mass is 393 g/mol. The number of aromatic nitrogens is 3. The molecule has 2 aromatic heterocycles. The number of likely N-dealkylation sites (tertiary alicyclic amines) is 1. The Balaban J connectivity index is 1.37. The van der Waals surface area contributed by atoms with Gasteiger partial charge >= 0.3 is 0 Å². The molecule has 0 spiro atoms. The molecule has 29 heavy (non-hydrogen) atoms. The van der Waals surface area contributed by atoms with Gasteiger partial charge in [-0.1, -0.05) is 18.2 Å². The van der Waals surface area contributed by atoms with Gasteiger partial charge in [-0.3, -0.25) is 14.5 Å². The van der Waals surface area contributed by atoms with Crippen molar-refractivity contribution in [3.8, 4) is 5.69 Å². The van der Waals surface area contributed by atoms with E-state index in [0.717, 1.165) is 42.9 Å². The second-order valence-corrected chi connectivity index (χ2v) is 7.03. The number of aliphatic imine (C=N–C) groups is 1. The van der Waals surface area contributed by atoms with Crippen molar-refractivity contribution in [2.24, 2.45) is 4.99 Å². The molecule has 1 aliphatic rings. The van der Waals surface area contributed by atoms with Gasteiger partial charge in [0.05, 0.1) is 18.8 Å². The first-order chi connectivity index (χ1) is 14.3. The van der Waals surface area contributed by atoms with Gasteiger partial charge < -0.3 is 15.1 Å². The average molecular weight is 393 g/mol. The second kappa shape index (κ2) is 9.38. The molecular weight excluding hydrogens is 366 g/mol. The summed E-state index contributed by atoms with van der Waals surface area (Å²) in [5.41, 5.74) is 1.03. The normalized spacial score (nSPS) is 16.1. The van der Waals surface area contributed by atoms with Crippen LogP contribution in [0.15, 0.2) is 64.5 Å². The number of benzene rings is 1. The first kappa shape index (κ1) is 19.2. The topological polar surface area (TPSA) is 83.5 Å². The molecule has 1 aliphatic heterocycles. The fourth-order valence-corrected chi connectivity index (χ4v) is 3.70. The lowest BCUT2D eigenvalue weighted by molar-refractivity contribution is 0.215. The van der Waals surface area contributed by atoms with Crippen molar-refractivity contribution in [2.75, 3.05) is 26.7 Å². The first-order valence-corrected chi connectivity index (χ1v) is 10.0. The van der Waals surface area contributed by atoms with Gasteiger partial charge in [0.2, 0.25) is 0 Å². The number of nitrogens with one attached hydrogen (secondary N) is 2. The van der Waals surface area contributed by atoms with Gasteiger partial charge in [-0.15, -0.1) is 10.2 Å². The molecule has 3 aromatic rings. The van der Waals surface area contributed by atoms with Crippen LogP contribution in [0.1, 0.15) is 30.5 Å². The van der Waals surface area contributed by atoms with Gasteiger partial charge in [-0.2, -0.15) is 0 Å². The number of hydrogen-bond donors (Lipinski definition) is 2. The van der Waals surface area contributed by atoms with E-state index in [4.69, 9.17) is 4.42 Å². The van der Waals surface area contributed by atoms with Crippen LogP contribution in [0, 0.1) is 0 Å². The summed E-state index contributed by atoms with van der Waals surface area (Å²) >= 11 is 0. The minimum atomic E-state index is 0.194. The summed E-state index contributed by atoms with van der Waals surface area (Å²) < 4.78 is 7.66.